The molecule has 1 atom stereocenters. The average Bonchev–Trinajstić information content (AvgIpc) is 2.79. The number of hydrogen-bond donors (Lipinski definition) is 1. The second-order valence-electron chi connectivity index (χ2n) is 7.87. The molecular weight excluding hydrogens is 412 g/mol. The Bertz CT molecular complexity index is 1220. The lowest BCUT2D eigenvalue weighted by Gasteiger charge is -2.31. The van der Waals surface area contributed by atoms with Gasteiger partial charge in [0.05, 0.1) is 13.0 Å². The standard InChI is InChI=1S/C24H26N2O4S/c1-17-12-13-22(30-2)23(15-17)31(28,29)26-14-6-9-19(16-26)24(27)25-21-11-5-8-18-7-3-4-10-20(18)21/h3-5,7-8,10-13,15,19H,6,9,14,16H2,1-2H3,(H,25,27)/t19-/m0/s1. The molecule has 3 aromatic carbocycles. The summed E-state index contributed by atoms with van der Waals surface area (Å²) >= 11 is 0. The zero-order valence-electron chi connectivity index (χ0n) is 17.7. The lowest BCUT2D eigenvalue weighted by Crippen LogP contribution is -2.43. The van der Waals surface area contributed by atoms with Crippen LogP contribution in [0.4, 0.5) is 5.69 Å². The smallest absolute Gasteiger partial charge is 0.246 e. The molecule has 1 aliphatic heterocycles. The molecule has 1 heterocycles. The first-order chi connectivity index (χ1) is 14.9. The maximum atomic E-state index is 13.3. The highest BCUT2D eigenvalue weighted by Crippen LogP contribution is 2.31. The molecule has 0 saturated carbocycles. The first-order valence-electron chi connectivity index (χ1n) is 10.3. The van der Waals surface area contributed by atoms with Gasteiger partial charge in [0.25, 0.3) is 0 Å². The van der Waals surface area contributed by atoms with Gasteiger partial charge in [-0.2, -0.15) is 4.31 Å². The van der Waals surface area contributed by atoms with Crippen molar-refractivity contribution in [1.29, 1.82) is 0 Å². The molecule has 31 heavy (non-hydrogen) atoms. The van der Waals surface area contributed by atoms with Gasteiger partial charge in [-0.05, 0) is 48.9 Å². The molecule has 1 amide bonds. The van der Waals surface area contributed by atoms with E-state index in [0.717, 1.165) is 22.0 Å². The van der Waals surface area contributed by atoms with Gasteiger partial charge in [-0.3, -0.25) is 4.79 Å². The number of nitrogens with zero attached hydrogens (tertiary/aromatic N) is 1. The number of fused-ring (bicyclic) bond motifs is 1. The summed E-state index contributed by atoms with van der Waals surface area (Å²) in [7, 11) is -2.31. The average molecular weight is 439 g/mol. The molecule has 0 bridgehead atoms. The first-order valence-corrected chi connectivity index (χ1v) is 11.8. The van der Waals surface area contributed by atoms with Crippen molar-refractivity contribution in [2.45, 2.75) is 24.7 Å². The summed E-state index contributed by atoms with van der Waals surface area (Å²) < 4.78 is 33.4. The molecule has 1 N–H and O–H groups in total. The van der Waals surface area contributed by atoms with E-state index in [-0.39, 0.29) is 17.3 Å². The number of hydrogen-bond acceptors (Lipinski definition) is 4. The predicted octanol–water partition coefficient (Wildman–Crippen LogP) is 4.20. The third-order valence-corrected chi connectivity index (χ3v) is 7.63. The summed E-state index contributed by atoms with van der Waals surface area (Å²) in [6.07, 6.45) is 1.27. The van der Waals surface area contributed by atoms with Gasteiger partial charge in [0, 0.05) is 24.2 Å². The minimum absolute atomic E-state index is 0.144. The molecule has 1 aliphatic rings. The van der Waals surface area contributed by atoms with E-state index in [0.29, 0.717) is 25.1 Å². The Hall–Kier alpha value is -2.90. The number of piperidine rings is 1. The van der Waals surface area contributed by atoms with Crippen LogP contribution in [0.1, 0.15) is 18.4 Å². The number of nitrogens with one attached hydrogen (secondary N) is 1. The summed E-state index contributed by atoms with van der Waals surface area (Å²) in [6.45, 7) is 2.38. The quantitative estimate of drug-likeness (QED) is 0.648. The Morgan fingerprint density at radius 3 is 2.68 bits per heavy atom. The number of carbonyl (C=O) groups excluding carboxylic acids is 1. The monoisotopic (exact) mass is 438 g/mol. The number of rotatable bonds is 5. The lowest BCUT2D eigenvalue weighted by molar-refractivity contribution is -0.120. The fourth-order valence-electron chi connectivity index (χ4n) is 4.07. The number of amides is 1. The van der Waals surface area contributed by atoms with Crippen molar-refractivity contribution >= 4 is 32.4 Å². The van der Waals surface area contributed by atoms with Crippen LogP contribution in [0.15, 0.2) is 65.6 Å². The van der Waals surface area contributed by atoms with E-state index in [1.807, 2.05) is 55.5 Å². The molecule has 0 unspecified atom stereocenters. The molecule has 0 spiro atoms. The number of carbonyl (C=O) groups is 1. The van der Waals surface area contributed by atoms with Crippen LogP contribution in [0.5, 0.6) is 5.75 Å². The number of anilines is 1. The summed E-state index contributed by atoms with van der Waals surface area (Å²) in [6, 6.07) is 18.7. The Morgan fingerprint density at radius 1 is 1.10 bits per heavy atom. The largest absolute Gasteiger partial charge is 0.495 e. The molecule has 4 rings (SSSR count). The molecule has 6 nitrogen and oxygen atoms in total. The summed E-state index contributed by atoms with van der Waals surface area (Å²) in [4.78, 5) is 13.2. The van der Waals surface area contributed by atoms with Crippen molar-refractivity contribution in [2.75, 3.05) is 25.5 Å². The van der Waals surface area contributed by atoms with Crippen molar-refractivity contribution in [3.05, 3.63) is 66.2 Å². The van der Waals surface area contributed by atoms with Crippen molar-refractivity contribution in [3.8, 4) is 5.75 Å². The van der Waals surface area contributed by atoms with Crippen LogP contribution in [-0.2, 0) is 14.8 Å². The zero-order chi connectivity index (χ0) is 22.0. The molecule has 1 saturated heterocycles. The highest BCUT2D eigenvalue weighted by Gasteiger charge is 2.35. The Morgan fingerprint density at radius 2 is 1.87 bits per heavy atom. The van der Waals surface area contributed by atoms with Crippen LogP contribution in [0, 0.1) is 12.8 Å². The van der Waals surface area contributed by atoms with Crippen LogP contribution < -0.4 is 10.1 Å². The van der Waals surface area contributed by atoms with Crippen molar-refractivity contribution in [1.82, 2.24) is 4.31 Å². The van der Waals surface area contributed by atoms with Gasteiger partial charge < -0.3 is 10.1 Å². The van der Waals surface area contributed by atoms with E-state index in [9.17, 15) is 13.2 Å². The van der Waals surface area contributed by atoms with E-state index < -0.39 is 15.9 Å². The minimum atomic E-state index is -3.77. The van der Waals surface area contributed by atoms with Crippen molar-refractivity contribution in [3.63, 3.8) is 0 Å². The van der Waals surface area contributed by atoms with E-state index in [1.54, 1.807) is 12.1 Å². The third-order valence-electron chi connectivity index (χ3n) is 5.74. The van der Waals surface area contributed by atoms with Gasteiger partial charge in [-0.25, -0.2) is 8.42 Å². The van der Waals surface area contributed by atoms with Gasteiger partial charge in [0.1, 0.15) is 10.6 Å². The van der Waals surface area contributed by atoms with Crippen LogP contribution in [0.3, 0.4) is 0 Å². The third kappa shape index (κ3) is 4.29. The van der Waals surface area contributed by atoms with E-state index in [1.165, 1.54) is 11.4 Å². The van der Waals surface area contributed by atoms with E-state index in [4.69, 9.17) is 4.74 Å². The fourth-order valence-corrected chi connectivity index (χ4v) is 5.83. The predicted molar refractivity (Wildman–Crippen MR) is 122 cm³/mol. The highest BCUT2D eigenvalue weighted by molar-refractivity contribution is 7.89. The zero-order valence-corrected chi connectivity index (χ0v) is 18.5. The molecule has 1 fully saturated rings. The Labute approximate surface area is 182 Å². The normalized spacial score (nSPS) is 17.4. The minimum Gasteiger partial charge on any atom is -0.495 e. The lowest BCUT2D eigenvalue weighted by atomic mass is 9.98. The van der Waals surface area contributed by atoms with Crippen LogP contribution in [0.25, 0.3) is 10.8 Å². The van der Waals surface area contributed by atoms with Gasteiger partial charge in [-0.1, -0.05) is 42.5 Å². The second-order valence-corrected chi connectivity index (χ2v) is 9.78. The topological polar surface area (TPSA) is 75.7 Å². The van der Waals surface area contributed by atoms with Crippen molar-refractivity contribution < 1.29 is 17.9 Å². The molecular formula is C24H26N2O4S. The number of aryl methyl sites for hydroxylation is 1. The molecule has 7 heteroatoms. The SMILES string of the molecule is COc1ccc(C)cc1S(=O)(=O)N1CCC[C@H](C(=O)Nc2cccc3ccccc23)C1. The highest BCUT2D eigenvalue weighted by atomic mass is 32.2. The van der Waals surface area contributed by atoms with Crippen LogP contribution >= 0.6 is 0 Å². The second kappa shape index (κ2) is 8.69. The molecule has 0 radical (unpaired) electrons. The Kier molecular flexibility index (Phi) is 5.98. The first kappa shape index (κ1) is 21.3. The maximum Gasteiger partial charge on any atom is 0.246 e. The Balaban J connectivity index is 1.56. The number of sulfonamides is 1. The summed E-state index contributed by atoms with van der Waals surface area (Å²) in [5, 5.41) is 5.02. The maximum absolute atomic E-state index is 13.3. The van der Waals surface area contributed by atoms with Crippen LogP contribution in [-0.4, -0.2) is 38.8 Å². The molecule has 162 valence electrons. The molecule has 3 aromatic rings. The van der Waals surface area contributed by atoms with Gasteiger partial charge in [0.2, 0.25) is 15.9 Å². The van der Waals surface area contributed by atoms with Gasteiger partial charge in [-0.15, -0.1) is 0 Å². The van der Waals surface area contributed by atoms with E-state index in [2.05, 4.69) is 5.32 Å². The van der Waals surface area contributed by atoms with Crippen LogP contribution in [0.2, 0.25) is 0 Å². The number of benzene rings is 3. The summed E-state index contributed by atoms with van der Waals surface area (Å²) in [5.74, 6) is -0.265. The molecule has 0 aliphatic carbocycles. The molecule has 0 aromatic heterocycles. The summed E-state index contributed by atoms with van der Waals surface area (Å²) in [5.41, 5.74) is 1.57. The fraction of sp³-hybridized carbons (Fsp3) is 0.292. The van der Waals surface area contributed by atoms with Crippen molar-refractivity contribution in [2.24, 2.45) is 5.92 Å². The van der Waals surface area contributed by atoms with Gasteiger partial charge in [0.15, 0.2) is 0 Å². The number of methoxy groups -OCH3 is 1. The number of ether oxygens (including phenoxy) is 1. The van der Waals surface area contributed by atoms with E-state index >= 15 is 0 Å². The van der Waals surface area contributed by atoms with Gasteiger partial charge >= 0.3 is 0 Å².